The molecule has 0 aromatic rings. The second-order valence-electron chi connectivity index (χ2n) is 5.99. The minimum Gasteiger partial charge on any atom is -0.780 e. The molecule has 0 aromatic carbocycles. The van der Waals surface area contributed by atoms with Crippen molar-refractivity contribution in [3.8, 4) is 0 Å². The summed E-state index contributed by atoms with van der Waals surface area (Å²) in [6, 6.07) is 0. The first kappa shape index (κ1) is 26.7. The van der Waals surface area contributed by atoms with Crippen LogP contribution in [0.2, 0.25) is 0 Å². The molecule has 0 saturated heterocycles. The zero-order chi connectivity index (χ0) is 18.1. The molecule has 0 bridgehead atoms. The maximum Gasteiger partial charge on any atom is 2.00 e. The number of hydrogen-bond acceptors (Lipinski definition) is 8. The van der Waals surface area contributed by atoms with Crippen LogP contribution in [0, 0.1) is 0 Å². The van der Waals surface area contributed by atoms with E-state index in [1.807, 2.05) is 0 Å². The molecule has 0 radical (unpaired) electrons. The van der Waals surface area contributed by atoms with E-state index >= 15 is 0 Å². The van der Waals surface area contributed by atoms with Crippen LogP contribution in [0.15, 0.2) is 0 Å². The molecule has 2 aliphatic rings. The topological polar surface area (TPSA) is 83.0 Å². The van der Waals surface area contributed by atoms with Crippen molar-refractivity contribution in [2.75, 3.05) is 14.2 Å². The molecule has 0 heterocycles. The van der Waals surface area contributed by atoms with E-state index in [1.165, 1.54) is 27.1 Å². The van der Waals surface area contributed by atoms with Crippen LogP contribution in [0.3, 0.4) is 0 Å². The van der Waals surface area contributed by atoms with Gasteiger partial charge in [0.25, 0.3) is 0 Å². The molecule has 0 amide bonds. The minimum absolute atomic E-state index is 0. The summed E-state index contributed by atoms with van der Waals surface area (Å²) in [5.74, 6) is 0. The first-order valence-electron chi connectivity index (χ1n) is 8.38. The molecular weight excluding hydrogens is 456 g/mol. The predicted molar refractivity (Wildman–Crippen MR) is 98.5 cm³/mol. The summed E-state index contributed by atoms with van der Waals surface area (Å²) < 4.78 is 19.5. The fraction of sp³-hybridized carbons (Fsp3) is 1.00. The van der Waals surface area contributed by atoms with E-state index in [0.29, 0.717) is 0 Å². The Hall–Kier alpha value is 1.68. The Kier molecular flexibility index (Phi) is 14.7. The van der Waals surface area contributed by atoms with Gasteiger partial charge in [-0.15, -0.1) is 0 Å². The molecule has 2 unspecified atom stereocenters. The molecule has 2 aliphatic carbocycles. The monoisotopic (exact) mass is 482 g/mol. The fourth-order valence-corrected chi connectivity index (χ4v) is 4.85. The van der Waals surface area contributed by atoms with Gasteiger partial charge in [-0.3, -0.25) is 0 Å². The van der Waals surface area contributed by atoms with Gasteiger partial charge in [-0.1, -0.05) is 62.1 Å². The average molecular weight is 484 g/mol. The van der Waals surface area contributed by atoms with E-state index in [1.54, 1.807) is 0 Å². The van der Waals surface area contributed by atoms with Gasteiger partial charge in [0.15, 0.2) is 0 Å². The second kappa shape index (κ2) is 13.8. The number of rotatable bonds is 6. The van der Waals surface area contributed by atoms with Crippen LogP contribution in [-0.2, 0) is 61.2 Å². The molecule has 0 spiro atoms. The van der Waals surface area contributed by atoms with Crippen LogP contribution in [-0.4, -0.2) is 26.4 Å². The third-order valence-electron chi connectivity index (χ3n) is 4.11. The Labute approximate surface area is 174 Å². The standard InChI is InChI=1S/2C7H15O3PS.Zn/c2*1-9-11(8,12)10-7-5-3-2-4-6-7;/h2*7H,2-6H2,1H3,(H,8,12);/q;;+2/p-2. The zero-order valence-electron chi connectivity index (χ0n) is 15.1. The van der Waals surface area contributed by atoms with E-state index in [-0.39, 0.29) is 31.7 Å². The Balaban J connectivity index is 0.000000443. The van der Waals surface area contributed by atoms with Crippen LogP contribution < -0.4 is 9.79 Å². The minimum atomic E-state index is -3.16. The van der Waals surface area contributed by atoms with Crippen molar-refractivity contribution in [1.82, 2.24) is 0 Å². The molecule has 144 valence electrons. The van der Waals surface area contributed by atoms with Gasteiger partial charge in [0.2, 0.25) is 0 Å². The van der Waals surface area contributed by atoms with Crippen LogP contribution in [0.1, 0.15) is 64.2 Å². The summed E-state index contributed by atoms with van der Waals surface area (Å²) in [7, 11) is 2.66. The Morgan fingerprint density at radius 1 is 0.680 bits per heavy atom. The number of hydrogen-bond donors (Lipinski definition) is 0. The molecule has 11 heteroatoms. The molecule has 6 nitrogen and oxygen atoms in total. The molecule has 2 fully saturated rings. The van der Waals surface area contributed by atoms with Gasteiger partial charge in [-0.25, -0.2) is 0 Å². The largest absolute Gasteiger partial charge is 2.00 e. The third kappa shape index (κ3) is 12.7. The SMILES string of the molecule is COP([O-])(=S)OC1CCCCC1.COP([O-])(=S)OC1CCCCC1.[Zn+2]. The van der Waals surface area contributed by atoms with Gasteiger partial charge in [-0.05, 0) is 25.7 Å². The van der Waals surface area contributed by atoms with E-state index in [2.05, 4.69) is 32.7 Å². The summed E-state index contributed by atoms with van der Waals surface area (Å²) in [6.07, 6.45) is 11.0. The zero-order valence-corrected chi connectivity index (χ0v) is 21.5. The second-order valence-corrected chi connectivity index (χ2v) is 11.6. The molecular formula is C14H28O6P2S2Zn. The summed E-state index contributed by atoms with van der Waals surface area (Å²) in [5.41, 5.74) is 0. The van der Waals surface area contributed by atoms with Crippen molar-refractivity contribution in [3.05, 3.63) is 0 Å². The van der Waals surface area contributed by atoms with Crippen LogP contribution >= 0.6 is 13.4 Å². The van der Waals surface area contributed by atoms with Crippen LogP contribution in [0.25, 0.3) is 0 Å². The van der Waals surface area contributed by atoms with E-state index in [4.69, 9.17) is 9.05 Å². The van der Waals surface area contributed by atoms with Crippen molar-refractivity contribution in [1.29, 1.82) is 0 Å². The van der Waals surface area contributed by atoms with E-state index in [0.717, 1.165) is 51.4 Å². The first-order valence-corrected chi connectivity index (χ1v) is 13.5. The van der Waals surface area contributed by atoms with Gasteiger partial charge in [0, 0.05) is 14.2 Å². The van der Waals surface area contributed by atoms with Gasteiger partial charge in [-0.2, -0.15) is 0 Å². The van der Waals surface area contributed by atoms with Crippen molar-refractivity contribution in [2.24, 2.45) is 0 Å². The van der Waals surface area contributed by atoms with Crippen molar-refractivity contribution in [3.63, 3.8) is 0 Å². The quantitative estimate of drug-likeness (QED) is 0.421. The smallest absolute Gasteiger partial charge is 0.780 e. The van der Waals surface area contributed by atoms with Gasteiger partial charge in [0.05, 0.1) is 12.2 Å². The van der Waals surface area contributed by atoms with Crippen LogP contribution in [0.5, 0.6) is 0 Å². The summed E-state index contributed by atoms with van der Waals surface area (Å²) in [5, 5.41) is 0. The summed E-state index contributed by atoms with van der Waals surface area (Å²) >= 11 is 9.27. The molecule has 2 rings (SSSR count). The molecule has 0 N–H and O–H groups in total. The van der Waals surface area contributed by atoms with Crippen molar-refractivity contribution >= 4 is 37.1 Å². The Bertz CT molecular complexity index is 405. The van der Waals surface area contributed by atoms with E-state index in [9.17, 15) is 9.79 Å². The molecule has 25 heavy (non-hydrogen) atoms. The fourth-order valence-electron chi connectivity index (χ4n) is 2.79. The maximum absolute atomic E-state index is 11.2. The Morgan fingerprint density at radius 2 is 0.960 bits per heavy atom. The normalized spacial score (nSPS) is 24.2. The van der Waals surface area contributed by atoms with Gasteiger partial charge < -0.3 is 27.9 Å². The molecule has 0 aromatic heterocycles. The summed E-state index contributed by atoms with van der Waals surface area (Å²) in [4.78, 5) is 22.4. The van der Waals surface area contributed by atoms with Crippen molar-refractivity contribution in [2.45, 2.75) is 76.4 Å². The summed E-state index contributed by atoms with van der Waals surface area (Å²) in [6.45, 7) is -6.32. The molecule has 0 aliphatic heterocycles. The average Bonchev–Trinajstić information content (AvgIpc) is 2.57. The van der Waals surface area contributed by atoms with E-state index < -0.39 is 13.4 Å². The molecule has 2 atom stereocenters. The maximum atomic E-state index is 11.2. The Morgan fingerprint density at radius 3 is 1.20 bits per heavy atom. The first-order chi connectivity index (χ1) is 11.3. The predicted octanol–water partition coefficient (Wildman–Crippen LogP) is 3.13. The third-order valence-corrected chi connectivity index (χ3v) is 7.53. The van der Waals surface area contributed by atoms with Crippen LogP contribution in [0.4, 0.5) is 0 Å². The van der Waals surface area contributed by atoms with Gasteiger partial charge >= 0.3 is 19.5 Å². The van der Waals surface area contributed by atoms with Crippen molar-refractivity contribution < 1.29 is 47.4 Å². The van der Waals surface area contributed by atoms with Gasteiger partial charge in [0.1, 0.15) is 13.4 Å². The molecule has 2 saturated carbocycles.